The number of nitrogens with one attached hydrogen (secondary N) is 1. The van der Waals surface area contributed by atoms with Gasteiger partial charge in [-0.15, -0.1) is 0 Å². The Bertz CT molecular complexity index is 504. The van der Waals surface area contributed by atoms with E-state index in [0.29, 0.717) is 30.6 Å². The number of aromatic nitrogens is 2. The molecular weight excluding hydrogens is 264 g/mol. The minimum atomic E-state index is -3.39. The first-order valence-corrected chi connectivity index (χ1v) is 8.20. The van der Waals surface area contributed by atoms with Gasteiger partial charge in [0, 0.05) is 19.6 Å². The topological polar surface area (TPSA) is 67.2 Å². The standard InChI is InChI=1S/C12H22N4O2S/c1-3-16-12(4-7-14-16)19(17,18)15-8-5-11(6-9-15)10-13-2/h4,7,11,13H,3,5-6,8-10H2,1-2H3. The Kier molecular flexibility index (Phi) is 4.59. The molecule has 1 aliphatic rings. The van der Waals surface area contributed by atoms with E-state index < -0.39 is 10.0 Å². The van der Waals surface area contributed by atoms with E-state index in [9.17, 15) is 8.42 Å². The molecule has 1 N–H and O–H groups in total. The predicted octanol–water partition coefficient (Wildman–Crippen LogP) is 0.523. The Balaban J connectivity index is 2.10. The fraction of sp³-hybridized carbons (Fsp3) is 0.750. The van der Waals surface area contributed by atoms with Gasteiger partial charge in [0.15, 0.2) is 5.03 Å². The van der Waals surface area contributed by atoms with Gasteiger partial charge in [-0.25, -0.2) is 8.42 Å². The van der Waals surface area contributed by atoms with Crippen LogP contribution in [0.2, 0.25) is 0 Å². The number of rotatable bonds is 5. The van der Waals surface area contributed by atoms with Gasteiger partial charge in [0.2, 0.25) is 0 Å². The third-order valence-electron chi connectivity index (χ3n) is 3.65. The maximum Gasteiger partial charge on any atom is 0.260 e. The van der Waals surface area contributed by atoms with Crippen LogP contribution in [0.4, 0.5) is 0 Å². The largest absolute Gasteiger partial charge is 0.319 e. The van der Waals surface area contributed by atoms with Crippen molar-refractivity contribution in [1.82, 2.24) is 19.4 Å². The molecule has 7 heteroatoms. The van der Waals surface area contributed by atoms with E-state index in [1.807, 2.05) is 14.0 Å². The average Bonchev–Trinajstić information content (AvgIpc) is 2.89. The van der Waals surface area contributed by atoms with Gasteiger partial charge < -0.3 is 5.32 Å². The molecule has 0 spiro atoms. The fourth-order valence-corrected chi connectivity index (χ4v) is 4.18. The van der Waals surface area contributed by atoms with E-state index in [1.54, 1.807) is 16.6 Å². The van der Waals surface area contributed by atoms with Crippen LogP contribution in [0, 0.1) is 5.92 Å². The summed E-state index contributed by atoms with van der Waals surface area (Å²) < 4.78 is 28.2. The summed E-state index contributed by atoms with van der Waals surface area (Å²) in [5.74, 6) is 0.576. The molecule has 2 heterocycles. The smallest absolute Gasteiger partial charge is 0.260 e. The molecule has 108 valence electrons. The number of hydrogen-bond donors (Lipinski definition) is 1. The van der Waals surface area contributed by atoms with Gasteiger partial charge in [-0.2, -0.15) is 9.40 Å². The summed E-state index contributed by atoms with van der Waals surface area (Å²) in [6.07, 6.45) is 3.38. The van der Waals surface area contributed by atoms with Crippen molar-refractivity contribution in [2.45, 2.75) is 31.3 Å². The van der Waals surface area contributed by atoms with Crippen molar-refractivity contribution in [3.63, 3.8) is 0 Å². The van der Waals surface area contributed by atoms with E-state index in [2.05, 4.69) is 10.4 Å². The second-order valence-electron chi connectivity index (χ2n) is 4.89. The van der Waals surface area contributed by atoms with Gasteiger partial charge in [0.05, 0.1) is 6.20 Å². The van der Waals surface area contributed by atoms with Gasteiger partial charge in [-0.3, -0.25) is 4.68 Å². The summed E-state index contributed by atoms with van der Waals surface area (Å²) in [4.78, 5) is 0. The molecule has 0 atom stereocenters. The highest BCUT2D eigenvalue weighted by molar-refractivity contribution is 7.89. The zero-order chi connectivity index (χ0) is 13.9. The maximum absolute atomic E-state index is 12.5. The highest BCUT2D eigenvalue weighted by Gasteiger charge is 2.31. The molecule has 0 amide bonds. The van der Waals surface area contributed by atoms with Crippen molar-refractivity contribution in [3.05, 3.63) is 12.3 Å². The number of hydrogen-bond acceptors (Lipinski definition) is 4. The molecule has 0 aliphatic carbocycles. The average molecular weight is 286 g/mol. The zero-order valence-electron chi connectivity index (χ0n) is 11.5. The molecule has 1 aromatic rings. The van der Waals surface area contributed by atoms with Gasteiger partial charge in [0.25, 0.3) is 10.0 Å². The second-order valence-corrected chi connectivity index (χ2v) is 6.78. The summed E-state index contributed by atoms with van der Waals surface area (Å²) in [6, 6.07) is 1.58. The Morgan fingerprint density at radius 3 is 2.68 bits per heavy atom. The number of nitrogens with zero attached hydrogens (tertiary/aromatic N) is 3. The summed E-state index contributed by atoms with van der Waals surface area (Å²) in [5.41, 5.74) is 0. The van der Waals surface area contributed by atoms with Crippen molar-refractivity contribution in [2.75, 3.05) is 26.7 Å². The lowest BCUT2D eigenvalue weighted by Gasteiger charge is -2.31. The van der Waals surface area contributed by atoms with Crippen molar-refractivity contribution in [2.24, 2.45) is 5.92 Å². The summed E-state index contributed by atoms with van der Waals surface area (Å²) in [7, 11) is -1.45. The van der Waals surface area contributed by atoms with E-state index in [0.717, 1.165) is 19.4 Å². The Hall–Kier alpha value is -0.920. The summed E-state index contributed by atoms with van der Waals surface area (Å²) in [5, 5.41) is 7.50. The fourth-order valence-electron chi connectivity index (χ4n) is 2.55. The summed E-state index contributed by atoms with van der Waals surface area (Å²) in [6.45, 7) is 4.62. The molecule has 19 heavy (non-hydrogen) atoms. The minimum absolute atomic E-state index is 0.307. The number of piperidine rings is 1. The molecule has 6 nitrogen and oxygen atoms in total. The molecule has 1 saturated heterocycles. The van der Waals surface area contributed by atoms with E-state index >= 15 is 0 Å². The molecule has 1 fully saturated rings. The maximum atomic E-state index is 12.5. The van der Waals surface area contributed by atoms with Crippen molar-refractivity contribution in [3.8, 4) is 0 Å². The Morgan fingerprint density at radius 2 is 2.11 bits per heavy atom. The van der Waals surface area contributed by atoms with Crippen LogP contribution in [0.15, 0.2) is 17.3 Å². The second kappa shape index (κ2) is 6.02. The third-order valence-corrected chi connectivity index (χ3v) is 5.57. The minimum Gasteiger partial charge on any atom is -0.319 e. The molecular formula is C12H22N4O2S. The lowest BCUT2D eigenvalue weighted by Crippen LogP contribution is -2.41. The third kappa shape index (κ3) is 2.98. The molecule has 1 aliphatic heterocycles. The van der Waals surface area contributed by atoms with Crippen LogP contribution in [-0.4, -0.2) is 49.2 Å². The van der Waals surface area contributed by atoms with Crippen LogP contribution in [-0.2, 0) is 16.6 Å². The summed E-state index contributed by atoms with van der Waals surface area (Å²) >= 11 is 0. The molecule has 2 rings (SSSR count). The normalized spacial score (nSPS) is 18.8. The Labute approximate surface area is 114 Å². The lowest BCUT2D eigenvalue weighted by molar-refractivity contribution is 0.269. The van der Waals surface area contributed by atoms with Crippen molar-refractivity contribution < 1.29 is 8.42 Å². The molecule has 0 aromatic carbocycles. The van der Waals surface area contributed by atoms with E-state index in [1.165, 1.54) is 4.68 Å². The molecule has 0 bridgehead atoms. The van der Waals surface area contributed by atoms with Gasteiger partial charge in [-0.1, -0.05) is 0 Å². The van der Waals surface area contributed by atoms with Gasteiger partial charge >= 0.3 is 0 Å². The molecule has 0 radical (unpaired) electrons. The van der Waals surface area contributed by atoms with Crippen LogP contribution in [0.1, 0.15) is 19.8 Å². The first-order chi connectivity index (χ1) is 9.09. The van der Waals surface area contributed by atoms with Crippen molar-refractivity contribution >= 4 is 10.0 Å². The van der Waals surface area contributed by atoms with Gasteiger partial charge in [-0.05, 0) is 45.3 Å². The van der Waals surface area contributed by atoms with Crippen LogP contribution < -0.4 is 5.32 Å². The van der Waals surface area contributed by atoms with Crippen LogP contribution in [0.25, 0.3) is 0 Å². The zero-order valence-corrected chi connectivity index (χ0v) is 12.4. The van der Waals surface area contributed by atoms with E-state index in [-0.39, 0.29) is 0 Å². The highest BCUT2D eigenvalue weighted by Crippen LogP contribution is 2.23. The first kappa shape index (κ1) is 14.5. The lowest BCUT2D eigenvalue weighted by atomic mass is 9.98. The first-order valence-electron chi connectivity index (χ1n) is 6.76. The predicted molar refractivity (Wildman–Crippen MR) is 73.3 cm³/mol. The monoisotopic (exact) mass is 286 g/mol. The van der Waals surface area contributed by atoms with Crippen molar-refractivity contribution in [1.29, 1.82) is 0 Å². The number of sulfonamides is 1. The van der Waals surface area contributed by atoms with E-state index in [4.69, 9.17) is 0 Å². The quantitative estimate of drug-likeness (QED) is 0.857. The molecule has 1 aromatic heterocycles. The molecule has 0 unspecified atom stereocenters. The molecule has 0 saturated carbocycles. The van der Waals surface area contributed by atoms with Crippen LogP contribution in [0.3, 0.4) is 0 Å². The Morgan fingerprint density at radius 1 is 1.42 bits per heavy atom. The number of aryl methyl sites for hydroxylation is 1. The van der Waals surface area contributed by atoms with Crippen LogP contribution in [0.5, 0.6) is 0 Å². The van der Waals surface area contributed by atoms with Crippen LogP contribution >= 0.6 is 0 Å². The SMILES string of the molecule is CCn1nccc1S(=O)(=O)N1CCC(CNC)CC1. The highest BCUT2D eigenvalue weighted by atomic mass is 32.2. The van der Waals surface area contributed by atoms with Gasteiger partial charge in [0.1, 0.15) is 0 Å².